The van der Waals surface area contributed by atoms with Gasteiger partial charge in [0.2, 0.25) is 0 Å². The fraction of sp³-hybridized carbons (Fsp3) is 0.667. The lowest BCUT2D eigenvalue weighted by Crippen LogP contribution is -1.93. The van der Waals surface area contributed by atoms with E-state index in [4.69, 9.17) is 0 Å². The van der Waals surface area contributed by atoms with Gasteiger partial charge in [0.05, 0.1) is 0 Å². The predicted octanol–water partition coefficient (Wildman–Crippen LogP) is 5.82. The van der Waals surface area contributed by atoms with Crippen LogP contribution in [0.2, 0.25) is 0 Å². The number of hydrogen-bond donors (Lipinski definition) is 0. The molecule has 14 heavy (non-hydrogen) atoms. The van der Waals surface area contributed by atoms with Crippen molar-refractivity contribution in [3.63, 3.8) is 0 Å². The molecule has 0 saturated heterocycles. The number of halogens is 2. The zero-order valence-corrected chi connectivity index (χ0v) is 12.9. The van der Waals surface area contributed by atoms with Crippen LogP contribution in [0, 0.1) is 5.92 Å². The van der Waals surface area contributed by atoms with Crippen molar-refractivity contribution >= 4 is 38.5 Å². The Morgan fingerprint density at radius 3 is 2.64 bits per heavy atom. The molecule has 0 heterocycles. The Balaban J connectivity index is 3.78. The van der Waals surface area contributed by atoms with E-state index in [2.05, 4.69) is 65.0 Å². The average molecular weight is 371 g/mol. The summed E-state index contributed by atoms with van der Waals surface area (Å²) in [5, 5.41) is 0. The van der Waals surface area contributed by atoms with E-state index in [0.717, 1.165) is 6.42 Å². The van der Waals surface area contributed by atoms with Crippen LogP contribution in [0.15, 0.2) is 20.7 Å². The molecule has 0 saturated carbocycles. The summed E-state index contributed by atoms with van der Waals surface area (Å²) in [7, 11) is 0. The first-order valence-corrected chi connectivity index (χ1v) is 7.14. The minimum atomic E-state index is 0.584. The van der Waals surface area contributed by atoms with Crippen molar-refractivity contribution < 1.29 is 0 Å². The maximum Gasteiger partial charge on any atom is -0.00575 e. The average Bonchev–Trinajstić information content (AvgIpc) is 2.11. The molecule has 0 aliphatic carbocycles. The monoisotopic (exact) mass is 370 g/mol. The molecular weight excluding hydrogens is 351 g/mol. The van der Waals surface area contributed by atoms with E-state index in [9.17, 15) is 0 Å². The van der Waals surface area contributed by atoms with Crippen LogP contribution in [0.3, 0.4) is 0 Å². The fourth-order valence-corrected chi connectivity index (χ4v) is 2.32. The first-order valence-electron chi connectivity index (χ1n) is 5.26. The van der Waals surface area contributed by atoms with E-state index in [1.165, 1.54) is 33.7 Å². The normalized spacial score (nSPS) is 14.1. The minimum absolute atomic E-state index is 0.584. The molecule has 0 amide bonds. The quantitative estimate of drug-likeness (QED) is 0.391. The summed E-state index contributed by atoms with van der Waals surface area (Å²) < 4.78 is 2.57. The van der Waals surface area contributed by atoms with E-state index in [1.54, 1.807) is 0 Å². The summed E-state index contributed by atoms with van der Waals surface area (Å²) in [4.78, 5) is 0. The highest BCUT2D eigenvalue weighted by Crippen LogP contribution is 2.26. The summed E-state index contributed by atoms with van der Waals surface area (Å²) in [6, 6.07) is 0. The van der Waals surface area contributed by atoms with Crippen molar-refractivity contribution in [1.82, 2.24) is 0 Å². The van der Waals surface area contributed by atoms with Crippen molar-refractivity contribution in [2.75, 3.05) is 0 Å². The third-order valence-electron chi connectivity index (χ3n) is 2.15. The molecular formula is C12H20BrI. The van der Waals surface area contributed by atoms with Gasteiger partial charge in [0, 0.05) is 0 Å². The molecule has 1 unspecified atom stereocenters. The van der Waals surface area contributed by atoms with E-state index < -0.39 is 0 Å². The van der Waals surface area contributed by atoms with Crippen LogP contribution in [0.4, 0.5) is 0 Å². The van der Waals surface area contributed by atoms with Gasteiger partial charge in [0.1, 0.15) is 0 Å². The molecule has 0 aliphatic rings. The van der Waals surface area contributed by atoms with Crippen molar-refractivity contribution in [1.29, 1.82) is 0 Å². The summed E-state index contributed by atoms with van der Waals surface area (Å²) in [6.45, 7) is 8.40. The Morgan fingerprint density at radius 2 is 2.14 bits per heavy atom. The summed E-state index contributed by atoms with van der Waals surface area (Å²) >= 11 is 5.94. The summed E-state index contributed by atoms with van der Waals surface area (Å²) in [5.41, 5.74) is 0. The largest absolute Gasteiger partial charge is 0.0897 e. The number of unbranched alkanes of at least 4 members (excludes halogenated alkanes) is 3. The van der Waals surface area contributed by atoms with Crippen LogP contribution in [0.1, 0.15) is 46.0 Å². The van der Waals surface area contributed by atoms with Gasteiger partial charge in [-0.2, -0.15) is 0 Å². The maximum atomic E-state index is 3.93. The molecule has 0 fully saturated rings. The molecule has 0 aromatic carbocycles. The van der Waals surface area contributed by atoms with E-state index in [-0.39, 0.29) is 0 Å². The van der Waals surface area contributed by atoms with Gasteiger partial charge in [0.25, 0.3) is 0 Å². The zero-order valence-electron chi connectivity index (χ0n) is 9.15. The van der Waals surface area contributed by atoms with Gasteiger partial charge < -0.3 is 0 Å². The van der Waals surface area contributed by atoms with E-state index in [1.807, 2.05) is 0 Å². The number of rotatable bonds is 7. The second kappa shape index (κ2) is 8.96. The lowest BCUT2D eigenvalue weighted by Gasteiger charge is -2.09. The molecule has 0 spiro atoms. The predicted molar refractivity (Wildman–Crippen MR) is 78.1 cm³/mol. The van der Waals surface area contributed by atoms with Crippen LogP contribution >= 0.6 is 38.5 Å². The Labute approximate surface area is 111 Å². The van der Waals surface area contributed by atoms with Gasteiger partial charge >= 0.3 is 0 Å². The molecule has 0 radical (unpaired) electrons. The Kier molecular flexibility index (Phi) is 9.40. The molecule has 0 nitrogen and oxygen atoms in total. The Hall–Kier alpha value is 0.690. The van der Waals surface area contributed by atoms with Gasteiger partial charge in [-0.1, -0.05) is 55.3 Å². The molecule has 0 aromatic heterocycles. The minimum Gasteiger partial charge on any atom is -0.0897 e. The topological polar surface area (TPSA) is 0 Å². The fourth-order valence-electron chi connectivity index (χ4n) is 1.27. The SMILES string of the molecule is C=C(I)CC(C)C(Br)=CCCCCC. The summed E-state index contributed by atoms with van der Waals surface area (Å²) in [6.07, 6.45) is 8.54. The van der Waals surface area contributed by atoms with Crippen molar-refractivity contribution in [3.05, 3.63) is 20.7 Å². The highest BCUT2D eigenvalue weighted by Gasteiger charge is 2.05. The lowest BCUT2D eigenvalue weighted by atomic mass is 10.1. The second-order valence-corrected chi connectivity index (χ2v) is 6.15. The highest BCUT2D eigenvalue weighted by atomic mass is 127. The van der Waals surface area contributed by atoms with Crippen LogP contribution in [-0.4, -0.2) is 0 Å². The van der Waals surface area contributed by atoms with Gasteiger partial charge in [0.15, 0.2) is 0 Å². The van der Waals surface area contributed by atoms with Crippen molar-refractivity contribution in [2.45, 2.75) is 46.0 Å². The molecule has 0 N–H and O–H groups in total. The molecule has 82 valence electrons. The van der Waals surface area contributed by atoms with Gasteiger partial charge in [-0.3, -0.25) is 0 Å². The van der Waals surface area contributed by atoms with Gasteiger partial charge in [-0.15, -0.1) is 0 Å². The lowest BCUT2D eigenvalue weighted by molar-refractivity contribution is 0.705. The smallest absolute Gasteiger partial charge is 0.00575 e. The molecule has 0 aliphatic heterocycles. The van der Waals surface area contributed by atoms with E-state index in [0.29, 0.717) is 5.92 Å². The van der Waals surface area contributed by atoms with Crippen molar-refractivity contribution in [3.8, 4) is 0 Å². The van der Waals surface area contributed by atoms with Crippen LogP contribution in [0.25, 0.3) is 0 Å². The third kappa shape index (κ3) is 8.04. The first kappa shape index (κ1) is 14.7. The van der Waals surface area contributed by atoms with Crippen molar-refractivity contribution in [2.24, 2.45) is 5.92 Å². The molecule has 0 aromatic rings. The Morgan fingerprint density at radius 1 is 1.50 bits per heavy atom. The molecule has 2 heteroatoms. The summed E-state index contributed by atoms with van der Waals surface area (Å²) in [5.74, 6) is 0.584. The third-order valence-corrected chi connectivity index (χ3v) is 3.69. The molecule has 1 atom stereocenters. The molecule has 0 rings (SSSR count). The standard InChI is InChI=1S/C12H20BrI/c1-4-5-6-7-8-12(13)10(2)9-11(3)14/h8,10H,3-7,9H2,1-2H3. The maximum absolute atomic E-state index is 3.93. The first-order chi connectivity index (χ1) is 6.57. The Bertz CT molecular complexity index is 196. The van der Waals surface area contributed by atoms with Gasteiger partial charge in [-0.25, -0.2) is 0 Å². The van der Waals surface area contributed by atoms with Gasteiger partial charge in [-0.05, 0) is 55.8 Å². The number of hydrogen-bond acceptors (Lipinski definition) is 0. The van der Waals surface area contributed by atoms with E-state index >= 15 is 0 Å². The van der Waals surface area contributed by atoms with Crippen LogP contribution < -0.4 is 0 Å². The molecule has 0 bridgehead atoms. The second-order valence-electron chi connectivity index (χ2n) is 3.71. The van der Waals surface area contributed by atoms with Crippen LogP contribution in [0.5, 0.6) is 0 Å². The number of allylic oxidation sites excluding steroid dienone is 3. The van der Waals surface area contributed by atoms with Crippen LogP contribution in [-0.2, 0) is 0 Å². The zero-order chi connectivity index (χ0) is 11.0. The highest BCUT2D eigenvalue weighted by molar-refractivity contribution is 14.1.